The molecular weight excluding hydrogens is 372 g/mol. The van der Waals surface area contributed by atoms with Crippen LogP contribution >= 0.6 is 23.6 Å². The molecule has 1 aromatic carbocycles. The molecule has 1 heterocycles. The number of ether oxygens (including phenoxy) is 2. The number of methoxy groups -OCH3 is 1. The first-order valence-corrected chi connectivity index (χ1v) is 9.13. The molecule has 138 valence electrons. The molecule has 0 aliphatic rings. The van der Waals surface area contributed by atoms with Crippen molar-refractivity contribution in [1.29, 1.82) is 0 Å². The minimum Gasteiger partial charge on any atom is -0.465 e. The van der Waals surface area contributed by atoms with Crippen LogP contribution in [0.15, 0.2) is 24.3 Å². The number of thiocarbonyl (C=S) groups is 1. The van der Waals surface area contributed by atoms with Gasteiger partial charge in [-0.1, -0.05) is 6.07 Å². The van der Waals surface area contributed by atoms with E-state index in [9.17, 15) is 9.59 Å². The fourth-order valence-electron chi connectivity index (χ4n) is 2.27. The Morgan fingerprint density at radius 2 is 1.92 bits per heavy atom. The van der Waals surface area contributed by atoms with Crippen LogP contribution in [0.5, 0.6) is 0 Å². The van der Waals surface area contributed by atoms with Crippen molar-refractivity contribution in [1.82, 2.24) is 0 Å². The summed E-state index contributed by atoms with van der Waals surface area (Å²) in [5, 5.41) is 6.96. The lowest BCUT2D eigenvalue weighted by atomic mass is 10.1. The smallest absolute Gasteiger partial charge is 0.341 e. The molecule has 2 aromatic rings. The standard InChI is InChI=1S/C18H20N2O4S2/c1-5-24-16(21)12-7-6-8-13(9-12)19-18(25)20-15-14(17(22)23-4)10(2)11(3)26-15/h6-9H,5H2,1-4H3,(H2,19,20,25). The number of hydrogen-bond acceptors (Lipinski definition) is 6. The Balaban J connectivity index is 2.15. The van der Waals surface area contributed by atoms with Crippen molar-refractivity contribution in [3.8, 4) is 0 Å². The molecule has 2 N–H and O–H groups in total. The quantitative estimate of drug-likeness (QED) is 0.585. The number of benzene rings is 1. The molecular formula is C18H20N2O4S2. The number of nitrogens with one attached hydrogen (secondary N) is 2. The van der Waals surface area contributed by atoms with Gasteiger partial charge >= 0.3 is 11.9 Å². The zero-order valence-electron chi connectivity index (χ0n) is 15.0. The van der Waals surface area contributed by atoms with Crippen molar-refractivity contribution < 1.29 is 19.1 Å². The van der Waals surface area contributed by atoms with Crippen LogP contribution in [0.4, 0.5) is 10.7 Å². The Labute approximate surface area is 161 Å². The Kier molecular flexibility index (Phi) is 6.70. The maximum atomic E-state index is 12.0. The van der Waals surface area contributed by atoms with Gasteiger partial charge in [-0.15, -0.1) is 11.3 Å². The molecule has 0 saturated carbocycles. The van der Waals surface area contributed by atoms with Crippen molar-refractivity contribution in [3.63, 3.8) is 0 Å². The second kappa shape index (κ2) is 8.77. The summed E-state index contributed by atoms with van der Waals surface area (Å²) in [5.74, 6) is -0.811. The van der Waals surface area contributed by atoms with E-state index in [1.165, 1.54) is 18.4 Å². The highest BCUT2D eigenvalue weighted by Gasteiger charge is 2.20. The molecule has 0 radical (unpaired) electrons. The molecule has 0 unspecified atom stereocenters. The van der Waals surface area contributed by atoms with Gasteiger partial charge in [-0.3, -0.25) is 0 Å². The number of esters is 2. The van der Waals surface area contributed by atoms with Crippen LogP contribution in [-0.4, -0.2) is 30.8 Å². The van der Waals surface area contributed by atoms with Gasteiger partial charge in [0.1, 0.15) is 5.00 Å². The number of carbonyl (C=O) groups is 2. The van der Waals surface area contributed by atoms with Gasteiger partial charge < -0.3 is 20.1 Å². The lowest BCUT2D eigenvalue weighted by Crippen LogP contribution is -2.20. The molecule has 8 heteroatoms. The molecule has 0 aliphatic heterocycles. The number of thiophene rings is 1. The van der Waals surface area contributed by atoms with Gasteiger partial charge in [0.25, 0.3) is 0 Å². The highest BCUT2D eigenvalue weighted by atomic mass is 32.1. The van der Waals surface area contributed by atoms with Gasteiger partial charge in [0.05, 0.1) is 24.8 Å². The van der Waals surface area contributed by atoms with Crippen LogP contribution in [-0.2, 0) is 9.47 Å². The first-order valence-electron chi connectivity index (χ1n) is 7.90. The SMILES string of the molecule is CCOC(=O)c1cccc(NC(=S)Nc2sc(C)c(C)c2C(=O)OC)c1. The molecule has 6 nitrogen and oxygen atoms in total. The average Bonchev–Trinajstić information content (AvgIpc) is 2.88. The van der Waals surface area contributed by atoms with Crippen LogP contribution in [0.25, 0.3) is 0 Å². The second-order valence-corrected chi connectivity index (χ2v) is 6.99. The molecule has 2 rings (SSSR count). The maximum Gasteiger partial charge on any atom is 0.341 e. The van der Waals surface area contributed by atoms with Crippen molar-refractivity contribution in [2.75, 3.05) is 24.4 Å². The number of carbonyl (C=O) groups excluding carboxylic acids is 2. The first-order chi connectivity index (χ1) is 12.4. The van der Waals surface area contributed by atoms with Crippen LogP contribution < -0.4 is 10.6 Å². The summed E-state index contributed by atoms with van der Waals surface area (Å²) in [4.78, 5) is 24.8. The molecule has 0 atom stereocenters. The zero-order valence-corrected chi connectivity index (χ0v) is 16.6. The van der Waals surface area contributed by atoms with E-state index in [0.717, 1.165) is 10.4 Å². The predicted octanol–water partition coefficient (Wildman–Crippen LogP) is 4.14. The van der Waals surface area contributed by atoms with E-state index in [-0.39, 0.29) is 0 Å². The van der Waals surface area contributed by atoms with Gasteiger partial charge in [-0.2, -0.15) is 0 Å². The van der Waals surface area contributed by atoms with E-state index >= 15 is 0 Å². The summed E-state index contributed by atoms with van der Waals surface area (Å²) in [5.41, 5.74) is 2.39. The van der Waals surface area contributed by atoms with E-state index < -0.39 is 11.9 Å². The van der Waals surface area contributed by atoms with Gasteiger partial charge in [0, 0.05) is 10.6 Å². The topological polar surface area (TPSA) is 76.7 Å². The van der Waals surface area contributed by atoms with Crippen LogP contribution in [0.1, 0.15) is 38.1 Å². The lowest BCUT2D eigenvalue weighted by Gasteiger charge is -2.11. The molecule has 0 aliphatic carbocycles. The molecule has 0 saturated heterocycles. The van der Waals surface area contributed by atoms with Crippen molar-refractivity contribution in [3.05, 3.63) is 45.8 Å². The van der Waals surface area contributed by atoms with E-state index in [2.05, 4.69) is 10.6 Å². The van der Waals surface area contributed by atoms with Crippen LogP contribution in [0.2, 0.25) is 0 Å². The summed E-state index contributed by atoms with van der Waals surface area (Å²) in [6.07, 6.45) is 0. The number of aryl methyl sites for hydroxylation is 1. The monoisotopic (exact) mass is 392 g/mol. The van der Waals surface area contributed by atoms with Gasteiger partial charge in [0.2, 0.25) is 0 Å². The van der Waals surface area contributed by atoms with Gasteiger partial charge in [0.15, 0.2) is 5.11 Å². The van der Waals surface area contributed by atoms with Crippen molar-refractivity contribution in [2.24, 2.45) is 0 Å². The highest BCUT2D eigenvalue weighted by Crippen LogP contribution is 2.33. The second-order valence-electron chi connectivity index (χ2n) is 5.36. The van der Waals surface area contributed by atoms with Crippen LogP contribution in [0, 0.1) is 13.8 Å². The Bertz CT molecular complexity index is 846. The number of rotatable bonds is 5. The number of anilines is 2. The number of hydrogen-bond donors (Lipinski definition) is 2. The van der Waals surface area contributed by atoms with Crippen molar-refractivity contribution >= 4 is 51.3 Å². The van der Waals surface area contributed by atoms with Gasteiger partial charge in [-0.05, 0) is 56.8 Å². The Hall–Kier alpha value is -2.45. The molecule has 1 aromatic heterocycles. The van der Waals surface area contributed by atoms with E-state index in [1.807, 2.05) is 13.8 Å². The summed E-state index contributed by atoms with van der Waals surface area (Å²) in [6, 6.07) is 6.83. The average molecular weight is 393 g/mol. The molecule has 0 amide bonds. The maximum absolute atomic E-state index is 12.0. The summed E-state index contributed by atoms with van der Waals surface area (Å²) < 4.78 is 9.84. The lowest BCUT2D eigenvalue weighted by molar-refractivity contribution is 0.0525. The summed E-state index contributed by atoms with van der Waals surface area (Å²) >= 11 is 6.75. The molecule has 0 bridgehead atoms. The minimum atomic E-state index is -0.415. The van der Waals surface area contributed by atoms with Crippen LogP contribution in [0.3, 0.4) is 0 Å². The first kappa shape index (κ1) is 19.9. The van der Waals surface area contributed by atoms with E-state index in [1.54, 1.807) is 31.2 Å². The Morgan fingerprint density at radius 3 is 2.58 bits per heavy atom. The normalized spacial score (nSPS) is 10.2. The third-order valence-electron chi connectivity index (χ3n) is 3.63. The molecule has 0 fully saturated rings. The minimum absolute atomic E-state index is 0.303. The Morgan fingerprint density at radius 1 is 1.19 bits per heavy atom. The van der Waals surface area contributed by atoms with E-state index in [0.29, 0.717) is 33.5 Å². The fraction of sp³-hybridized carbons (Fsp3) is 0.278. The largest absolute Gasteiger partial charge is 0.465 e. The van der Waals surface area contributed by atoms with Crippen molar-refractivity contribution in [2.45, 2.75) is 20.8 Å². The van der Waals surface area contributed by atoms with Gasteiger partial charge in [-0.25, -0.2) is 9.59 Å². The highest BCUT2D eigenvalue weighted by molar-refractivity contribution is 7.80. The summed E-state index contributed by atoms with van der Waals surface area (Å²) in [6.45, 7) is 5.85. The predicted molar refractivity (Wildman–Crippen MR) is 107 cm³/mol. The zero-order chi connectivity index (χ0) is 19.3. The van der Waals surface area contributed by atoms with E-state index in [4.69, 9.17) is 21.7 Å². The fourth-order valence-corrected chi connectivity index (χ4v) is 3.60. The third-order valence-corrected chi connectivity index (χ3v) is 4.96. The summed E-state index contributed by atoms with van der Waals surface area (Å²) in [7, 11) is 1.34. The molecule has 26 heavy (non-hydrogen) atoms. The third kappa shape index (κ3) is 4.59. The molecule has 0 spiro atoms.